The zero-order chi connectivity index (χ0) is 13.1. The van der Waals surface area contributed by atoms with Crippen LogP contribution in [0, 0.1) is 5.92 Å². The molecule has 1 aliphatic heterocycles. The number of amides is 1. The maximum atomic E-state index is 11.5. The smallest absolute Gasteiger partial charge is 0.250 e. The van der Waals surface area contributed by atoms with Gasteiger partial charge in [-0.1, -0.05) is 55.8 Å². The number of benzene rings is 1. The van der Waals surface area contributed by atoms with Crippen LogP contribution in [-0.4, -0.2) is 11.9 Å². The lowest BCUT2D eigenvalue weighted by molar-refractivity contribution is -0.123. The molecule has 2 rings (SSSR count). The molecule has 1 amide bonds. The summed E-state index contributed by atoms with van der Waals surface area (Å²) in [6, 6.07) is 10.3. The van der Waals surface area contributed by atoms with Gasteiger partial charge in [-0.3, -0.25) is 4.79 Å². The van der Waals surface area contributed by atoms with E-state index >= 15 is 0 Å². The Kier molecular flexibility index (Phi) is 4.07. The topological polar surface area (TPSA) is 29.1 Å². The fourth-order valence-corrected chi connectivity index (χ4v) is 2.48. The summed E-state index contributed by atoms with van der Waals surface area (Å²) >= 11 is 6.29. The molecule has 0 saturated carbocycles. The van der Waals surface area contributed by atoms with Gasteiger partial charge in [-0.25, -0.2) is 0 Å². The number of aryl methyl sites for hydroxylation is 1. The third kappa shape index (κ3) is 2.75. The molecular formula is C15H18ClNO. The molecule has 0 bridgehead atoms. The van der Waals surface area contributed by atoms with Crippen molar-refractivity contribution < 1.29 is 4.79 Å². The molecule has 2 nitrogen and oxygen atoms in total. The zero-order valence-electron chi connectivity index (χ0n) is 10.7. The fraction of sp³-hybridized carbons (Fsp3) is 0.400. The van der Waals surface area contributed by atoms with Crippen molar-refractivity contribution >= 4 is 17.5 Å². The SMILES string of the molecule is CC(C)C1NC(=O)/C1=C(/Cl)CCc1ccccc1. The average Bonchev–Trinajstić information content (AvgIpc) is 2.34. The number of carbonyl (C=O) groups excluding carboxylic acids is 1. The van der Waals surface area contributed by atoms with Crippen molar-refractivity contribution in [3.05, 3.63) is 46.5 Å². The van der Waals surface area contributed by atoms with Crippen LogP contribution in [0.2, 0.25) is 0 Å². The Bertz CT molecular complexity index is 465. The van der Waals surface area contributed by atoms with Crippen LogP contribution in [0.5, 0.6) is 0 Å². The Morgan fingerprint density at radius 1 is 1.33 bits per heavy atom. The average molecular weight is 264 g/mol. The van der Waals surface area contributed by atoms with E-state index in [1.807, 2.05) is 18.2 Å². The maximum Gasteiger partial charge on any atom is 0.250 e. The lowest BCUT2D eigenvalue weighted by atomic mass is 9.87. The Labute approximate surface area is 113 Å². The second kappa shape index (κ2) is 5.57. The van der Waals surface area contributed by atoms with Gasteiger partial charge in [0, 0.05) is 5.03 Å². The lowest BCUT2D eigenvalue weighted by Crippen LogP contribution is -2.54. The van der Waals surface area contributed by atoms with Crippen molar-refractivity contribution in [2.75, 3.05) is 0 Å². The van der Waals surface area contributed by atoms with Gasteiger partial charge in [0.25, 0.3) is 5.91 Å². The van der Waals surface area contributed by atoms with Crippen molar-refractivity contribution in [1.29, 1.82) is 0 Å². The summed E-state index contributed by atoms with van der Waals surface area (Å²) in [4.78, 5) is 11.5. The standard InChI is InChI=1S/C15H18ClNO/c1-10(2)14-13(15(18)17-14)12(16)9-8-11-6-4-3-5-7-11/h3-7,10,14H,8-9H2,1-2H3,(H,17,18)/b13-12+. The molecule has 18 heavy (non-hydrogen) atoms. The van der Waals surface area contributed by atoms with Crippen LogP contribution in [-0.2, 0) is 11.2 Å². The van der Waals surface area contributed by atoms with Gasteiger partial charge < -0.3 is 5.32 Å². The number of β-lactam (4-membered cyclic amide) rings is 1. The van der Waals surface area contributed by atoms with E-state index in [0.29, 0.717) is 11.0 Å². The zero-order valence-corrected chi connectivity index (χ0v) is 11.5. The Morgan fingerprint density at radius 3 is 2.56 bits per heavy atom. The van der Waals surface area contributed by atoms with E-state index in [0.717, 1.165) is 18.4 Å². The minimum atomic E-state index is -0.00763. The minimum Gasteiger partial charge on any atom is -0.345 e. The molecule has 1 aromatic rings. The number of carbonyl (C=O) groups is 1. The molecule has 1 atom stereocenters. The first-order valence-corrected chi connectivity index (χ1v) is 6.70. The van der Waals surface area contributed by atoms with E-state index in [1.54, 1.807) is 0 Å². The van der Waals surface area contributed by atoms with E-state index in [-0.39, 0.29) is 11.9 Å². The Morgan fingerprint density at radius 2 is 2.00 bits per heavy atom. The van der Waals surface area contributed by atoms with E-state index in [2.05, 4.69) is 31.3 Å². The molecule has 1 aromatic carbocycles. The van der Waals surface area contributed by atoms with Gasteiger partial charge in [0.1, 0.15) is 0 Å². The van der Waals surface area contributed by atoms with Gasteiger partial charge in [-0.15, -0.1) is 0 Å². The first kappa shape index (κ1) is 13.2. The highest BCUT2D eigenvalue weighted by atomic mass is 35.5. The van der Waals surface area contributed by atoms with Crippen LogP contribution in [0.3, 0.4) is 0 Å². The number of allylic oxidation sites excluding steroid dienone is 1. The quantitative estimate of drug-likeness (QED) is 0.656. The van der Waals surface area contributed by atoms with Gasteiger partial charge in [0.15, 0.2) is 0 Å². The van der Waals surface area contributed by atoms with E-state index in [4.69, 9.17) is 11.6 Å². The largest absolute Gasteiger partial charge is 0.345 e. The Balaban J connectivity index is 2.02. The third-order valence-electron chi connectivity index (χ3n) is 3.28. The summed E-state index contributed by atoms with van der Waals surface area (Å²) in [5.41, 5.74) is 2.03. The molecule has 96 valence electrons. The minimum absolute atomic E-state index is 0.00763. The van der Waals surface area contributed by atoms with E-state index < -0.39 is 0 Å². The molecule has 0 aliphatic carbocycles. The van der Waals surface area contributed by atoms with Crippen molar-refractivity contribution in [1.82, 2.24) is 5.32 Å². The van der Waals surface area contributed by atoms with Gasteiger partial charge >= 0.3 is 0 Å². The van der Waals surface area contributed by atoms with Gasteiger partial charge in [0.2, 0.25) is 0 Å². The van der Waals surface area contributed by atoms with Crippen LogP contribution in [0.4, 0.5) is 0 Å². The van der Waals surface area contributed by atoms with Crippen molar-refractivity contribution in [2.24, 2.45) is 5.92 Å². The first-order chi connectivity index (χ1) is 8.59. The second-order valence-electron chi connectivity index (χ2n) is 5.00. The highest BCUT2D eigenvalue weighted by molar-refractivity contribution is 6.32. The molecule has 0 spiro atoms. The summed E-state index contributed by atoms with van der Waals surface area (Å²) in [5.74, 6) is 0.384. The number of nitrogens with one attached hydrogen (secondary N) is 1. The van der Waals surface area contributed by atoms with Crippen LogP contribution in [0.1, 0.15) is 25.8 Å². The molecule has 1 saturated heterocycles. The monoisotopic (exact) mass is 263 g/mol. The third-order valence-corrected chi connectivity index (χ3v) is 3.67. The predicted molar refractivity (Wildman–Crippen MR) is 74.4 cm³/mol. The lowest BCUT2D eigenvalue weighted by Gasteiger charge is -2.34. The molecule has 1 N–H and O–H groups in total. The number of rotatable bonds is 4. The van der Waals surface area contributed by atoms with Crippen LogP contribution in [0.25, 0.3) is 0 Å². The normalized spacial score (nSPS) is 21.6. The molecule has 1 aliphatic rings. The van der Waals surface area contributed by atoms with E-state index in [9.17, 15) is 4.79 Å². The predicted octanol–water partition coefficient (Wildman–Crippen LogP) is 3.27. The Hall–Kier alpha value is -1.28. The van der Waals surface area contributed by atoms with Crippen LogP contribution in [0.15, 0.2) is 40.9 Å². The maximum absolute atomic E-state index is 11.5. The summed E-state index contributed by atoms with van der Waals surface area (Å²) in [7, 11) is 0. The number of hydrogen-bond donors (Lipinski definition) is 1. The molecule has 0 radical (unpaired) electrons. The summed E-state index contributed by atoms with van der Waals surface area (Å²) in [6.07, 6.45) is 1.61. The number of hydrogen-bond acceptors (Lipinski definition) is 1. The first-order valence-electron chi connectivity index (χ1n) is 6.33. The summed E-state index contributed by atoms with van der Waals surface area (Å²) in [5, 5.41) is 3.60. The van der Waals surface area contributed by atoms with Gasteiger partial charge in [-0.2, -0.15) is 0 Å². The second-order valence-corrected chi connectivity index (χ2v) is 5.46. The summed E-state index contributed by atoms with van der Waals surface area (Å²) in [6.45, 7) is 4.18. The van der Waals surface area contributed by atoms with Gasteiger partial charge in [-0.05, 0) is 24.3 Å². The van der Waals surface area contributed by atoms with Crippen molar-refractivity contribution in [3.63, 3.8) is 0 Å². The van der Waals surface area contributed by atoms with Crippen molar-refractivity contribution in [3.8, 4) is 0 Å². The fourth-order valence-electron chi connectivity index (χ4n) is 2.18. The molecule has 1 unspecified atom stereocenters. The van der Waals surface area contributed by atoms with Crippen LogP contribution < -0.4 is 5.32 Å². The molecule has 3 heteroatoms. The molecule has 1 heterocycles. The van der Waals surface area contributed by atoms with E-state index in [1.165, 1.54) is 5.56 Å². The molecular weight excluding hydrogens is 246 g/mol. The number of halogens is 1. The molecule has 0 aromatic heterocycles. The van der Waals surface area contributed by atoms with Gasteiger partial charge in [0.05, 0.1) is 11.6 Å². The highest BCUT2D eigenvalue weighted by Crippen LogP contribution is 2.28. The summed E-state index contributed by atoms with van der Waals surface area (Å²) < 4.78 is 0. The van der Waals surface area contributed by atoms with Crippen molar-refractivity contribution in [2.45, 2.75) is 32.7 Å². The highest BCUT2D eigenvalue weighted by Gasteiger charge is 2.36. The molecule has 1 fully saturated rings. The van der Waals surface area contributed by atoms with Crippen LogP contribution >= 0.6 is 11.6 Å².